The van der Waals surface area contributed by atoms with Gasteiger partial charge in [0, 0.05) is 18.7 Å². The number of para-hydroxylation sites is 1. The van der Waals surface area contributed by atoms with Gasteiger partial charge in [0.15, 0.2) is 0 Å². The van der Waals surface area contributed by atoms with E-state index >= 15 is 0 Å². The van der Waals surface area contributed by atoms with Gasteiger partial charge in [-0.2, -0.15) is 13.1 Å². The van der Waals surface area contributed by atoms with Crippen LogP contribution in [0.15, 0.2) is 70.4 Å². The van der Waals surface area contributed by atoms with Crippen LogP contribution >= 0.6 is 11.7 Å². The van der Waals surface area contributed by atoms with Crippen molar-refractivity contribution in [3.8, 4) is 0 Å². The Labute approximate surface area is 205 Å². The van der Waals surface area contributed by atoms with E-state index < -0.39 is 15.8 Å². The van der Waals surface area contributed by atoms with Crippen molar-refractivity contribution >= 4 is 43.7 Å². The number of H-pyrrole nitrogens is 1. The Bertz CT molecular complexity index is 1730. The molecule has 5 rings (SSSR count). The third kappa shape index (κ3) is 4.36. The molecule has 2 heterocycles. The van der Waals surface area contributed by atoms with Gasteiger partial charge in [0.25, 0.3) is 5.56 Å². The highest BCUT2D eigenvalue weighted by molar-refractivity contribution is 7.89. The molecule has 0 atom stereocenters. The SMILES string of the molecule is Cc1ccc2nsnc2c1S(=O)(=O)N(Cc1ccc(F)cc1)Cc1cc2cccc(C)c2[nH]c1=O. The highest BCUT2D eigenvalue weighted by Crippen LogP contribution is 2.30. The van der Waals surface area contributed by atoms with E-state index in [-0.39, 0.29) is 23.5 Å². The summed E-state index contributed by atoms with van der Waals surface area (Å²) in [5, 5.41) is 0.806. The monoisotopic (exact) mass is 508 g/mol. The quantitative estimate of drug-likeness (QED) is 0.359. The number of aryl methyl sites for hydroxylation is 2. The van der Waals surface area contributed by atoms with Crippen LogP contribution in [0.5, 0.6) is 0 Å². The number of sulfonamides is 1. The molecule has 0 aliphatic carbocycles. The van der Waals surface area contributed by atoms with E-state index in [0.29, 0.717) is 33.2 Å². The maximum atomic E-state index is 14.0. The Morgan fingerprint density at radius 3 is 2.51 bits per heavy atom. The van der Waals surface area contributed by atoms with Crippen LogP contribution < -0.4 is 5.56 Å². The molecule has 1 N–H and O–H groups in total. The summed E-state index contributed by atoms with van der Waals surface area (Å²) in [6, 6.07) is 16.4. The topological polar surface area (TPSA) is 96.0 Å². The number of nitrogens with one attached hydrogen (secondary N) is 1. The fourth-order valence-corrected chi connectivity index (χ4v) is 6.49. The molecule has 0 spiro atoms. The van der Waals surface area contributed by atoms with Crippen LogP contribution in [0.4, 0.5) is 4.39 Å². The van der Waals surface area contributed by atoms with E-state index in [1.807, 2.05) is 25.1 Å². The van der Waals surface area contributed by atoms with Gasteiger partial charge in [-0.15, -0.1) is 0 Å². The largest absolute Gasteiger partial charge is 0.321 e. The second-order valence-corrected chi connectivity index (χ2v) is 10.8. The molecule has 0 radical (unpaired) electrons. The van der Waals surface area contributed by atoms with Crippen molar-refractivity contribution in [3.05, 3.63) is 99.1 Å². The molecule has 10 heteroatoms. The van der Waals surface area contributed by atoms with Crippen LogP contribution in [0.25, 0.3) is 21.9 Å². The zero-order valence-corrected chi connectivity index (χ0v) is 20.6. The minimum Gasteiger partial charge on any atom is -0.321 e. The van der Waals surface area contributed by atoms with Crippen molar-refractivity contribution in [1.82, 2.24) is 18.0 Å². The van der Waals surface area contributed by atoms with E-state index in [2.05, 4.69) is 13.7 Å². The van der Waals surface area contributed by atoms with Gasteiger partial charge < -0.3 is 4.98 Å². The molecule has 0 aliphatic rings. The van der Waals surface area contributed by atoms with Gasteiger partial charge in [-0.1, -0.05) is 36.4 Å². The number of rotatable bonds is 6. The lowest BCUT2D eigenvalue weighted by Gasteiger charge is -2.23. The van der Waals surface area contributed by atoms with Crippen LogP contribution in [0, 0.1) is 19.7 Å². The van der Waals surface area contributed by atoms with Gasteiger partial charge in [-0.25, -0.2) is 12.8 Å². The maximum Gasteiger partial charge on any atom is 0.252 e. The number of hydrogen-bond acceptors (Lipinski definition) is 6. The normalized spacial score (nSPS) is 12.1. The van der Waals surface area contributed by atoms with Gasteiger partial charge >= 0.3 is 0 Å². The second-order valence-electron chi connectivity index (χ2n) is 8.41. The Hall–Kier alpha value is -3.47. The van der Waals surface area contributed by atoms with Gasteiger partial charge in [0.2, 0.25) is 10.0 Å². The molecule has 35 heavy (non-hydrogen) atoms. The minimum atomic E-state index is -4.12. The summed E-state index contributed by atoms with van der Waals surface area (Å²) in [5.41, 5.74) is 3.46. The summed E-state index contributed by atoms with van der Waals surface area (Å²) in [6.45, 7) is 3.37. The molecule has 2 aromatic heterocycles. The highest BCUT2D eigenvalue weighted by Gasteiger charge is 2.30. The molecule has 0 bridgehead atoms. The summed E-state index contributed by atoms with van der Waals surface area (Å²) < 4.78 is 51.2. The summed E-state index contributed by atoms with van der Waals surface area (Å²) in [4.78, 5) is 15.9. The van der Waals surface area contributed by atoms with Gasteiger partial charge in [0.1, 0.15) is 21.7 Å². The predicted octanol–water partition coefficient (Wildman–Crippen LogP) is 4.68. The van der Waals surface area contributed by atoms with E-state index in [0.717, 1.165) is 22.7 Å². The van der Waals surface area contributed by atoms with Crippen LogP contribution in [-0.4, -0.2) is 26.5 Å². The van der Waals surface area contributed by atoms with Crippen molar-refractivity contribution < 1.29 is 12.8 Å². The van der Waals surface area contributed by atoms with E-state index in [4.69, 9.17) is 0 Å². The predicted molar refractivity (Wildman–Crippen MR) is 134 cm³/mol. The van der Waals surface area contributed by atoms with Gasteiger partial charge in [0.05, 0.1) is 17.2 Å². The average molecular weight is 509 g/mol. The fraction of sp³-hybridized carbons (Fsp3) is 0.160. The smallest absolute Gasteiger partial charge is 0.252 e. The van der Waals surface area contributed by atoms with Crippen molar-refractivity contribution in [2.24, 2.45) is 0 Å². The molecule has 7 nitrogen and oxygen atoms in total. The number of pyridine rings is 1. The third-order valence-electron chi connectivity index (χ3n) is 5.96. The molecular formula is C25H21FN4O3S2. The van der Waals surface area contributed by atoms with Gasteiger partial charge in [-0.05, 0) is 60.2 Å². The van der Waals surface area contributed by atoms with Crippen LogP contribution in [-0.2, 0) is 23.1 Å². The molecule has 0 unspecified atom stereocenters. The molecule has 0 aliphatic heterocycles. The lowest BCUT2D eigenvalue weighted by molar-refractivity contribution is 0.400. The number of aromatic nitrogens is 3. The first-order valence-electron chi connectivity index (χ1n) is 10.8. The number of halogens is 1. The maximum absolute atomic E-state index is 14.0. The Kier molecular flexibility index (Phi) is 5.96. The summed E-state index contributed by atoms with van der Waals surface area (Å²) in [5.74, 6) is -0.418. The minimum absolute atomic E-state index is 0.0543. The Morgan fingerprint density at radius 1 is 0.971 bits per heavy atom. The first kappa shape index (κ1) is 23.3. The molecule has 178 valence electrons. The van der Waals surface area contributed by atoms with Crippen molar-refractivity contribution in [2.75, 3.05) is 0 Å². The zero-order chi connectivity index (χ0) is 24.7. The molecule has 0 amide bonds. The highest BCUT2D eigenvalue weighted by atomic mass is 32.2. The molecule has 0 saturated carbocycles. The standard InChI is InChI=1S/C25H21FN4O3S2/c1-15-4-3-5-18-12-19(25(31)27-22(15)18)14-30(13-17-7-9-20(26)10-8-17)35(32,33)24-16(2)6-11-21-23(24)29-34-28-21/h3-12H,13-14H2,1-2H3,(H,27,31). The molecule has 0 fully saturated rings. The first-order chi connectivity index (χ1) is 16.7. The van der Waals surface area contributed by atoms with Crippen LogP contribution in [0.1, 0.15) is 22.3 Å². The summed E-state index contributed by atoms with van der Waals surface area (Å²) in [6.07, 6.45) is 0. The Balaban J connectivity index is 1.65. The number of hydrogen-bond donors (Lipinski definition) is 1. The number of nitrogens with zero attached hydrogens (tertiary/aromatic N) is 3. The molecule has 3 aromatic carbocycles. The average Bonchev–Trinajstić information content (AvgIpc) is 3.29. The lowest BCUT2D eigenvalue weighted by atomic mass is 10.1. The van der Waals surface area contributed by atoms with E-state index in [1.165, 1.54) is 28.6 Å². The van der Waals surface area contributed by atoms with Crippen molar-refractivity contribution in [1.29, 1.82) is 0 Å². The van der Waals surface area contributed by atoms with E-state index in [9.17, 15) is 17.6 Å². The van der Waals surface area contributed by atoms with Crippen LogP contribution in [0.2, 0.25) is 0 Å². The van der Waals surface area contributed by atoms with Gasteiger partial charge in [-0.3, -0.25) is 4.79 Å². The summed E-state index contributed by atoms with van der Waals surface area (Å²) >= 11 is 0.939. The van der Waals surface area contributed by atoms with E-state index in [1.54, 1.807) is 25.1 Å². The third-order valence-corrected chi connectivity index (χ3v) is 8.47. The number of fused-ring (bicyclic) bond motifs is 2. The van der Waals surface area contributed by atoms with Crippen molar-refractivity contribution in [3.63, 3.8) is 0 Å². The summed E-state index contributed by atoms with van der Waals surface area (Å²) in [7, 11) is -4.12. The fourth-order valence-electron chi connectivity index (χ4n) is 4.14. The number of aromatic amines is 1. The lowest BCUT2D eigenvalue weighted by Crippen LogP contribution is -2.33. The van der Waals surface area contributed by atoms with Crippen molar-refractivity contribution in [2.45, 2.75) is 31.8 Å². The zero-order valence-electron chi connectivity index (χ0n) is 18.9. The number of benzene rings is 3. The first-order valence-corrected chi connectivity index (χ1v) is 13.0. The molecule has 0 saturated heterocycles. The molecule has 5 aromatic rings. The second kappa shape index (κ2) is 8.95. The Morgan fingerprint density at radius 2 is 1.74 bits per heavy atom. The van der Waals surface area contributed by atoms with Crippen LogP contribution in [0.3, 0.4) is 0 Å². The molecular weight excluding hydrogens is 487 g/mol.